The molecule has 17 heavy (non-hydrogen) atoms. The van der Waals surface area contributed by atoms with Crippen molar-refractivity contribution in [2.75, 3.05) is 0 Å². The minimum Gasteiger partial charge on any atom is -0.480 e. The Morgan fingerprint density at radius 1 is 1.47 bits per heavy atom. The van der Waals surface area contributed by atoms with Crippen LogP contribution in [0.3, 0.4) is 0 Å². The van der Waals surface area contributed by atoms with Crippen LogP contribution in [0.1, 0.15) is 35.5 Å². The highest BCUT2D eigenvalue weighted by Gasteiger charge is 2.22. The number of amides is 1. The van der Waals surface area contributed by atoms with Crippen LogP contribution in [-0.2, 0) is 4.79 Å². The van der Waals surface area contributed by atoms with E-state index in [1.165, 1.54) is 11.3 Å². The summed E-state index contributed by atoms with van der Waals surface area (Å²) in [5.74, 6) is -1.06. The average Bonchev–Trinajstić information content (AvgIpc) is 2.62. The molecule has 1 amide bonds. The number of aryl methyl sites for hydroxylation is 1. The highest BCUT2D eigenvalue weighted by molar-refractivity contribution is 7.12. The number of nitrogens with one attached hydrogen (secondary N) is 1. The zero-order valence-corrected chi connectivity index (χ0v) is 11.0. The minimum atomic E-state index is -0.985. The number of thiophene rings is 1. The minimum absolute atomic E-state index is 0.223. The van der Waals surface area contributed by atoms with Crippen molar-refractivity contribution in [3.05, 3.63) is 21.9 Å². The van der Waals surface area contributed by atoms with Gasteiger partial charge in [-0.15, -0.1) is 11.3 Å². The lowest BCUT2D eigenvalue weighted by atomic mass is 10.0. The molecule has 0 saturated carbocycles. The predicted octanol–water partition coefficient (Wildman–Crippen LogP) is 2.29. The van der Waals surface area contributed by atoms with Gasteiger partial charge < -0.3 is 10.4 Å². The highest BCUT2D eigenvalue weighted by Crippen LogP contribution is 2.16. The maximum Gasteiger partial charge on any atom is 0.326 e. The molecule has 1 heterocycles. The molecule has 0 bridgehead atoms. The van der Waals surface area contributed by atoms with Gasteiger partial charge in [0.15, 0.2) is 0 Å². The number of carbonyl (C=O) groups excluding carboxylic acids is 1. The Balaban J connectivity index is 2.71. The first kappa shape index (κ1) is 13.7. The van der Waals surface area contributed by atoms with Gasteiger partial charge in [-0.1, -0.05) is 13.8 Å². The summed E-state index contributed by atoms with van der Waals surface area (Å²) in [6, 6.07) is 1.03. The van der Waals surface area contributed by atoms with E-state index >= 15 is 0 Å². The topological polar surface area (TPSA) is 66.4 Å². The largest absolute Gasteiger partial charge is 0.480 e. The number of aliphatic carboxylic acids is 1. The molecule has 0 radical (unpaired) electrons. The van der Waals surface area contributed by atoms with Crippen molar-refractivity contribution < 1.29 is 14.7 Å². The standard InChI is InChI=1S/C12H17NO3S/c1-7(2)6-9(12(15)16)13-11(14)10-8(3)4-5-17-10/h4-5,7,9H,6H2,1-3H3,(H,13,14)(H,15,16)/t9-/m1/s1. The molecule has 0 aliphatic rings. The number of carboxylic acid groups (broad SMARTS) is 1. The lowest BCUT2D eigenvalue weighted by molar-refractivity contribution is -0.139. The lowest BCUT2D eigenvalue weighted by Gasteiger charge is -2.16. The van der Waals surface area contributed by atoms with Gasteiger partial charge in [0.1, 0.15) is 6.04 Å². The molecular weight excluding hydrogens is 238 g/mol. The second-order valence-electron chi connectivity index (χ2n) is 4.43. The molecule has 1 aromatic rings. The smallest absolute Gasteiger partial charge is 0.326 e. The third-order valence-electron chi connectivity index (χ3n) is 2.38. The van der Waals surface area contributed by atoms with Crippen molar-refractivity contribution in [3.63, 3.8) is 0 Å². The molecule has 4 nitrogen and oxygen atoms in total. The van der Waals surface area contributed by atoms with Gasteiger partial charge in [-0.2, -0.15) is 0 Å². The van der Waals surface area contributed by atoms with Crippen molar-refractivity contribution >= 4 is 23.2 Å². The Kier molecular flexibility index (Phi) is 4.69. The van der Waals surface area contributed by atoms with Gasteiger partial charge in [0.05, 0.1) is 4.88 Å². The first-order chi connectivity index (χ1) is 7.91. The normalized spacial score (nSPS) is 12.5. The average molecular weight is 255 g/mol. The van der Waals surface area contributed by atoms with Crippen molar-refractivity contribution in [3.8, 4) is 0 Å². The van der Waals surface area contributed by atoms with Crippen LogP contribution in [0, 0.1) is 12.8 Å². The molecule has 5 heteroatoms. The first-order valence-corrected chi connectivity index (χ1v) is 6.37. The number of hydrogen-bond donors (Lipinski definition) is 2. The maximum atomic E-state index is 11.9. The lowest BCUT2D eigenvalue weighted by Crippen LogP contribution is -2.41. The van der Waals surface area contributed by atoms with E-state index in [1.807, 2.05) is 32.2 Å². The van der Waals surface area contributed by atoms with Crippen LogP contribution in [0.5, 0.6) is 0 Å². The molecule has 94 valence electrons. The predicted molar refractivity (Wildman–Crippen MR) is 67.4 cm³/mol. The second kappa shape index (κ2) is 5.82. The molecule has 0 spiro atoms. The summed E-state index contributed by atoms with van der Waals surface area (Å²) in [6.45, 7) is 5.70. The van der Waals surface area contributed by atoms with Gasteiger partial charge in [-0.3, -0.25) is 4.79 Å². The summed E-state index contributed by atoms with van der Waals surface area (Å²) in [5.41, 5.74) is 0.876. The van der Waals surface area contributed by atoms with E-state index in [2.05, 4.69) is 5.32 Å². The molecule has 0 aliphatic carbocycles. The molecule has 2 N–H and O–H groups in total. The van der Waals surface area contributed by atoms with Crippen molar-refractivity contribution in [1.82, 2.24) is 5.32 Å². The zero-order chi connectivity index (χ0) is 13.0. The summed E-state index contributed by atoms with van der Waals surface area (Å²) in [7, 11) is 0. The van der Waals surface area contributed by atoms with Crippen LogP contribution >= 0.6 is 11.3 Å². The van der Waals surface area contributed by atoms with E-state index in [4.69, 9.17) is 5.11 Å². The Labute approximate surface area is 105 Å². The van der Waals surface area contributed by atoms with E-state index in [0.717, 1.165) is 5.56 Å². The first-order valence-electron chi connectivity index (χ1n) is 5.49. The fourth-order valence-corrected chi connectivity index (χ4v) is 2.35. The molecule has 1 atom stereocenters. The zero-order valence-electron chi connectivity index (χ0n) is 10.2. The van der Waals surface area contributed by atoms with Gasteiger partial charge in [0, 0.05) is 0 Å². The summed E-state index contributed by atoms with van der Waals surface area (Å²) in [5, 5.41) is 13.4. The molecule has 0 aliphatic heterocycles. The SMILES string of the molecule is Cc1ccsc1C(=O)N[C@H](CC(C)C)C(=O)O. The van der Waals surface area contributed by atoms with E-state index < -0.39 is 12.0 Å². The molecule has 1 aromatic heterocycles. The quantitative estimate of drug-likeness (QED) is 0.848. The number of hydrogen-bond acceptors (Lipinski definition) is 3. The van der Waals surface area contributed by atoms with Gasteiger partial charge in [0.25, 0.3) is 5.91 Å². The Morgan fingerprint density at radius 2 is 2.12 bits per heavy atom. The Bertz CT molecular complexity index is 412. The molecular formula is C12H17NO3S. The molecule has 0 fully saturated rings. The highest BCUT2D eigenvalue weighted by atomic mass is 32.1. The van der Waals surface area contributed by atoms with Crippen LogP contribution in [0.4, 0.5) is 0 Å². The summed E-state index contributed by atoms with van der Waals surface area (Å²) in [4.78, 5) is 23.5. The van der Waals surface area contributed by atoms with E-state index in [-0.39, 0.29) is 11.8 Å². The third-order valence-corrected chi connectivity index (χ3v) is 3.39. The van der Waals surface area contributed by atoms with Crippen molar-refractivity contribution in [1.29, 1.82) is 0 Å². The number of carboxylic acids is 1. The molecule has 1 rings (SSSR count). The van der Waals surface area contributed by atoms with Crippen LogP contribution in [0.25, 0.3) is 0 Å². The van der Waals surface area contributed by atoms with Crippen LogP contribution in [-0.4, -0.2) is 23.0 Å². The summed E-state index contributed by atoms with van der Waals surface area (Å²) >= 11 is 1.33. The van der Waals surface area contributed by atoms with Crippen molar-refractivity contribution in [2.45, 2.75) is 33.2 Å². The molecule has 0 unspecified atom stereocenters. The molecule has 0 saturated heterocycles. The van der Waals surface area contributed by atoms with Gasteiger partial charge in [0.2, 0.25) is 0 Å². The van der Waals surface area contributed by atoms with E-state index in [9.17, 15) is 9.59 Å². The van der Waals surface area contributed by atoms with E-state index in [0.29, 0.717) is 11.3 Å². The van der Waals surface area contributed by atoms with Crippen LogP contribution < -0.4 is 5.32 Å². The van der Waals surface area contributed by atoms with Gasteiger partial charge in [-0.05, 0) is 36.3 Å². The maximum absolute atomic E-state index is 11.9. The summed E-state index contributed by atoms with van der Waals surface area (Å²) in [6.07, 6.45) is 0.436. The molecule has 0 aromatic carbocycles. The van der Waals surface area contributed by atoms with E-state index in [1.54, 1.807) is 0 Å². The van der Waals surface area contributed by atoms with Gasteiger partial charge >= 0.3 is 5.97 Å². The third kappa shape index (κ3) is 3.85. The van der Waals surface area contributed by atoms with Crippen LogP contribution in [0.15, 0.2) is 11.4 Å². The number of rotatable bonds is 5. The monoisotopic (exact) mass is 255 g/mol. The van der Waals surface area contributed by atoms with Gasteiger partial charge in [-0.25, -0.2) is 4.79 Å². The Morgan fingerprint density at radius 3 is 2.53 bits per heavy atom. The Hall–Kier alpha value is -1.36. The fourth-order valence-electron chi connectivity index (χ4n) is 1.52. The number of carbonyl (C=O) groups is 2. The van der Waals surface area contributed by atoms with Crippen molar-refractivity contribution in [2.24, 2.45) is 5.92 Å². The fraction of sp³-hybridized carbons (Fsp3) is 0.500. The summed E-state index contributed by atoms with van der Waals surface area (Å²) < 4.78 is 0. The second-order valence-corrected chi connectivity index (χ2v) is 5.34. The van der Waals surface area contributed by atoms with Crippen LogP contribution in [0.2, 0.25) is 0 Å².